The number of hydrogen-bond donors (Lipinski definition) is 1. The van der Waals surface area contributed by atoms with Gasteiger partial charge in [-0.15, -0.1) is 11.3 Å². The fraction of sp³-hybridized carbons (Fsp3) is 0.500. The van der Waals surface area contributed by atoms with Crippen molar-refractivity contribution in [2.45, 2.75) is 65.0 Å². The number of oxime groups is 1. The highest BCUT2D eigenvalue weighted by atomic mass is 32.1. The predicted molar refractivity (Wildman–Crippen MR) is 123 cm³/mol. The van der Waals surface area contributed by atoms with Crippen LogP contribution in [0.25, 0.3) is 0 Å². The third-order valence-electron chi connectivity index (χ3n) is 6.37. The highest BCUT2D eigenvalue weighted by Gasteiger charge is 2.40. The van der Waals surface area contributed by atoms with Crippen LogP contribution in [0.4, 0.5) is 4.79 Å². The van der Waals surface area contributed by atoms with Crippen LogP contribution in [-0.4, -0.2) is 45.2 Å². The van der Waals surface area contributed by atoms with Gasteiger partial charge in [-0.2, -0.15) is 0 Å². The molecule has 7 nitrogen and oxygen atoms in total. The number of hydrogen-bond acceptors (Lipinski definition) is 6. The van der Waals surface area contributed by atoms with E-state index in [0.29, 0.717) is 18.5 Å². The zero-order chi connectivity index (χ0) is 23.0. The SMILES string of the molecule is CC(=O)c1ccccc1C1CC(c2csc(C3CCN(C(=O)O)C(C(C)(C)C)C3)n2)=NO1. The summed E-state index contributed by atoms with van der Waals surface area (Å²) >= 11 is 1.60. The summed E-state index contributed by atoms with van der Waals surface area (Å²) in [5.41, 5.74) is 2.96. The third-order valence-corrected chi connectivity index (χ3v) is 7.38. The summed E-state index contributed by atoms with van der Waals surface area (Å²) in [6.45, 7) is 8.35. The first-order valence-corrected chi connectivity index (χ1v) is 11.8. The lowest BCUT2D eigenvalue weighted by Gasteiger charge is -2.44. The van der Waals surface area contributed by atoms with E-state index in [2.05, 4.69) is 25.9 Å². The molecule has 3 heterocycles. The van der Waals surface area contributed by atoms with E-state index in [1.807, 2.05) is 29.6 Å². The minimum Gasteiger partial charge on any atom is -0.465 e. The van der Waals surface area contributed by atoms with Crippen LogP contribution in [-0.2, 0) is 4.84 Å². The van der Waals surface area contributed by atoms with Gasteiger partial charge in [0.1, 0.15) is 5.71 Å². The smallest absolute Gasteiger partial charge is 0.407 e. The van der Waals surface area contributed by atoms with Crippen LogP contribution in [0.15, 0.2) is 34.8 Å². The Kier molecular flexibility index (Phi) is 6.07. The van der Waals surface area contributed by atoms with E-state index in [9.17, 15) is 14.7 Å². The Morgan fingerprint density at radius 3 is 2.69 bits per heavy atom. The molecule has 0 bridgehead atoms. The number of thiazole rings is 1. The average Bonchev–Trinajstić information content (AvgIpc) is 3.42. The molecule has 0 aliphatic carbocycles. The molecule has 1 amide bonds. The first-order chi connectivity index (χ1) is 15.1. The molecule has 170 valence electrons. The van der Waals surface area contributed by atoms with Crippen molar-refractivity contribution in [3.05, 3.63) is 51.5 Å². The lowest BCUT2D eigenvalue weighted by Crippen LogP contribution is -2.51. The molecule has 1 fully saturated rings. The normalized spacial score (nSPS) is 23.6. The maximum Gasteiger partial charge on any atom is 0.407 e. The summed E-state index contributed by atoms with van der Waals surface area (Å²) in [5.74, 6) is 0.237. The Balaban J connectivity index is 1.48. The number of amides is 1. The van der Waals surface area contributed by atoms with Crippen LogP contribution >= 0.6 is 11.3 Å². The number of carbonyl (C=O) groups is 2. The number of aromatic nitrogens is 1. The van der Waals surface area contributed by atoms with Gasteiger partial charge in [-0.25, -0.2) is 9.78 Å². The predicted octanol–water partition coefficient (Wildman–Crippen LogP) is 5.48. The lowest BCUT2D eigenvalue weighted by atomic mass is 9.77. The second kappa shape index (κ2) is 8.65. The molecule has 1 N–H and O–H groups in total. The molecule has 2 aliphatic rings. The van der Waals surface area contributed by atoms with E-state index in [0.717, 1.165) is 34.8 Å². The Labute approximate surface area is 192 Å². The number of nitrogens with zero attached hydrogens (tertiary/aromatic N) is 3. The van der Waals surface area contributed by atoms with Gasteiger partial charge in [0.2, 0.25) is 0 Å². The van der Waals surface area contributed by atoms with Crippen molar-refractivity contribution in [1.82, 2.24) is 9.88 Å². The van der Waals surface area contributed by atoms with Crippen LogP contribution in [0.1, 0.15) is 85.6 Å². The molecule has 2 aliphatic heterocycles. The van der Waals surface area contributed by atoms with E-state index in [4.69, 9.17) is 9.82 Å². The van der Waals surface area contributed by atoms with E-state index < -0.39 is 6.09 Å². The Morgan fingerprint density at radius 1 is 1.25 bits per heavy atom. The minimum absolute atomic E-state index is 0.00898. The van der Waals surface area contributed by atoms with E-state index >= 15 is 0 Å². The summed E-state index contributed by atoms with van der Waals surface area (Å²) in [4.78, 5) is 35.8. The lowest BCUT2D eigenvalue weighted by molar-refractivity contribution is 0.0525. The first kappa shape index (κ1) is 22.5. The van der Waals surface area contributed by atoms with E-state index in [-0.39, 0.29) is 29.3 Å². The largest absolute Gasteiger partial charge is 0.465 e. The van der Waals surface area contributed by atoms with Gasteiger partial charge in [-0.3, -0.25) is 4.79 Å². The van der Waals surface area contributed by atoms with Crippen molar-refractivity contribution in [1.29, 1.82) is 0 Å². The van der Waals surface area contributed by atoms with Crippen LogP contribution in [0.2, 0.25) is 0 Å². The molecule has 0 saturated carbocycles. The standard InChI is InChI=1S/C24H29N3O4S/c1-14(28)16-7-5-6-8-17(16)20-12-18(26-31-20)19-13-32-22(25-19)15-9-10-27(23(29)30)21(11-15)24(2,3)4/h5-8,13,15,20-21H,9-12H2,1-4H3,(H,29,30). The number of benzene rings is 1. The van der Waals surface area contributed by atoms with Crippen molar-refractivity contribution in [3.8, 4) is 0 Å². The molecule has 0 spiro atoms. The number of ketones is 1. The van der Waals surface area contributed by atoms with Crippen molar-refractivity contribution in [2.75, 3.05) is 6.54 Å². The molecule has 8 heteroatoms. The van der Waals surface area contributed by atoms with Crippen LogP contribution in [0.5, 0.6) is 0 Å². The van der Waals surface area contributed by atoms with Gasteiger partial charge in [-0.1, -0.05) is 50.2 Å². The number of carbonyl (C=O) groups excluding carboxylic acids is 1. The van der Waals surface area contributed by atoms with E-state index in [1.54, 1.807) is 23.2 Å². The summed E-state index contributed by atoms with van der Waals surface area (Å²) in [7, 11) is 0. The number of likely N-dealkylation sites (tertiary alicyclic amines) is 1. The van der Waals surface area contributed by atoms with Gasteiger partial charge in [0.25, 0.3) is 0 Å². The van der Waals surface area contributed by atoms with Gasteiger partial charge in [0.15, 0.2) is 11.9 Å². The monoisotopic (exact) mass is 455 g/mol. The fourth-order valence-electron chi connectivity index (χ4n) is 4.64. The Morgan fingerprint density at radius 2 is 2.00 bits per heavy atom. The molecule has 1 saturated heterocycles. The van der Waals surface area contributed by atoms with Gasteiger partial charge in [0.05, 0.1) is 10.7 Å². The van der Waals surface area contributed by atoms with Crippen molar-refractivity contribution in [2.24, 2.45) is 10.6 Å². The molecule has 3 atom stereocenters. The average molecular weight is 456 g/mol. The molecular formula is C24H29N3O4S. The maximum absolute atomic E-state index is 12.0. The number of carboxylic acid groups (broad SMARTS) is 1. The molecular weight excluding hydrogens is 426 g/mol. The van der Waals surface area contributed by atoms with Crippen LogP contribution < -0.4 is 0 Å². The molecule has 4 rings (SSSR count). The zero-order valence-corrected chi connectivity index (χ0v) is 19.7. The van der Waals surface area contributed by atoms with Crippen molar-refractivity contribution < 1.29 is 19.5 Å². The minimum atomic E-state index is -0.849. The van der Waals surface area contributed by atoms with Crippen LogP contribution in [0.3, 0.4) is 0 Å². The maximum atomic E-state index is 12.0. The number of rotatable bonds is 4. The fourth-order valence-corrected chi connectivity index (χ4v) is 5.62. The molecule has 1 aromatic heterocycles. The quantitative estimate of drug-likeness (QED) is 0.616. The van der Waals surface area contributed by atoms with E-state index in [1.165, 1.54) is 0 Å². The molecule has 32 heavy (non-hydrogen) atoms. The number of piperidine rings is 1. The third kappa shape index (κ3) is 4.41. The van der Waals surface area contributed by atoms with Gasteiger partial charge < -0.3 is 14.8 Å². The summed E-state index contributed by atoms with van der Waals surface area (Å²) < 4.78 is 0. The van der Waals surface area contributed by atoms with Gasteiger partial charge >= 0.3 is 6.09 Å². The molecule has 3 unspecified atom stereocenters. The summed E-state index contributed by atoms with van der Waals surface area (Å²) in [5, 5.41) is 16.9. The topological polar surface area (TPSA) is 92.1 Å². The zero-order valence-electron chi connectivity index (χ0n) is 18.9. The highest BCUT2D eigenvalue weighted by Crippen LogP contribution is 2.40. The molecule has 2 aromatic rings. The highest BCUT2D eigenvalue weighted by molar-refractivity contribution is 7.10. The molecule has 0 radical (unpaired) electrons. The van der Waals surface area contributed by atoms with Crippen molar-refractivity contribution in [3.63, 3.8) is 0 Å². The summed E-state index contributed by atoms with van der Waals surface area (Å²) in [6, 6.07) is 7.43. The van der Waals surface area contributed by atoms with Crippen molar-refractivity contribution >= 4 is 28.9 Å². The second-order valence-corrected chi connectivity index (χ2v) is 10.5. The van der Waals surface area contributed by atoms with Gasteiger partial charge in [0, 0.05) is 41.4 Å². The molecule has 1 aromatic carbocycles. The summed E-state index contributed by atoms with van der Waals surface area (Å²) in [6.07, 6.45) is 0.955. The first-order valence-electron chi connectivity index (χ1n) is 10.9. The van der Waals surface area contributed by atoms with Crippen LogP contribution in [0, 0.1) is 5.41 Å². The number of Topliss-reactive ketones (excluding diaryl/α,β-unsaturated/α-hetero) is 1. The van der Waals surface area contributed by atoms with Gasteiger partial charge in [-0.05, 0) is 25.2 Å². The Bertz CT molecular complexity index is 1060. The Hall–Kier alpha value is -2.74. The second-order valence-electron chi connectivity index (χ2n) is 9.63.